The summed E-state index contributed by atoms with van der Waals surface area (Å²) in [5.41, 5.74) is 0. The van der Waals surface area contributed by atoms with E-state index in [0.29, 0.717) is 0 Å². The lowest BCUT2D eigenvalue weighted by Gasteiger charge is -1.88. The Morgan fingerprint density at radius 1 is 1.43 bits per heavy atom. The normalized spacial score (nSPS) is 11.7. The van der Waals surface area contributed by atoms with Gasteiger partial charge in [-0.2, -0.15) is 0 Å². The van der Waals surface area contributed by atoms with Crippen LogP contribution in [0.3, 0.4) is 0 Å². The van der Waals surface area contributed by atoms with Gasteiger partial charge in [0.15, 0.2) is 0 Å². The molecule has 0 bridgehead atoms. The molecule has 44 valence electrons. The molecular weight excluding hydrogens is 130 g/mol. The molecule has 0 aromatic heterocycles. The van der Waals surface area contributed by atoms with Crippen molar-refractivity contribution in [3.05, 3.63) is 0 Å². The summed E-state index contributed by atoms with van der Waals surface area (Å²) in [6, 6.07) is 0. The van der Waals surface area contributed by atoms with E-state index in [9.17, 15) is 13.3 Å². The lowest BCUT2D eigenvalue weighted by atomic mass is 12.0. The van der Waals surface area contributed by atoms with Crippen LogP contribution in [0.5, 0.6) is 0 Å². The van der Waals surface area contributed by atoms with Crippen LogP contribution in [0.1, 0.15) is 0 Å². The van der Waals surface area contributed by atoms with Crippen molar-refractivity contribution >= 4 is 16.0 Å². The second-order valence-corrected chi connectivity index (χ2v) is 2.05. The van der Waals surface area contributed by atoms with E-state index in [2.05, 4.69) is 14.6 Å². The van der Waals surface area contributed by atoms with Gasteiger partial charge < -0.3 is 0 Å². The molecule has 0 aliphatic heterocycles. The number of hydrogen-bond donors (Lipinski definition) is 0. The zero-order chi connectivity index (χ0) is 5.91. The van der Waals surface area contributed by atoms with Crippen LogP contribution in [0, 0.1) is 0 Å². The fourth-order valence-electron chi connectivity index (χ4n) is 0.00972. The molecule has 0 saturated heterocycles. The van der Waals surface area contributed by atoms with E-state index < -0.39 is 10.1 Å². The maximum absolute atomic E-state index is 10.6. The van der Waals surface area contributed by atoms with Gasteiger partial charge in [0.25, 0.3) is 10.1 Å². The molecule has 6 heteroatoms. The molecule has 0 aromatic rings. The first kappa shape index (κ1) is 6.80. The molecule has 0 unspecified atom stereocenters. The van der Waals surface area contributed by atoms with Crippen molar-refractivity contribution in [1.29, 1.82) is 0 Å². The molecule has 7 heavy (non-hydrogen) atoms. The molecule has 3 nitrogen and oxygen atoms in total. The molecule has 0 atom stereocenters. The summed E-state index contributed by atoms with van der Waals surface area (Å²) in [5.74, 6) is 2.34. The van der Waals surface area contributed by atoms with Crippen LogP contribution in [0.4, 0.5) is 9.05 Å². The van der Waals surface area contributed by atoms with Gasteiger partial charge in [-0.3, -0.25) is 0 Å². The molecule has 0 spiro atoms. The Balaban J connectivity index is 3.89. The average molecular weight is 132 g/mol. The van der Waals surface area contributed by atoms with Crippen molar-refractivity contribution in [2.75, 3.05) is 0 Å². The monoisotopic (exact) mass is 132 g/mol. The van der Waals surface area contributed by atoms with Gasteiger partial charge in [-0.1, -0.05) is 8.78 Å². The van der Waals surface area contributed by atoms with Crippen LogP contribution in [-0.4, -0.2) is 10.1 Å². The lowest BCUT2D eigenvalue weighted by Crippen LogP contribution is -1.96. The molecule has 0 rings (SSSR count). The Kier molecular flexibility index (Phi) is 2.13. The quantitative estimate of drug-likeness (QED) is 0.508. The van der Waals surface area contributed by atoms with Crippen LogP contribution in [0.15, 0.2) is 0 Å². The highest BCUT2D eigenvalue weighted by atomic mass is 32.2. The maximum Gasteiger partial charge on any atom is 0.262 e. The smallest absolute Gasteiger partial charge is 0.206 e. The van der Waals surface area contributed by atoms with Crippen molar-refractivity contribution in [1.82, 2.24) is 0 Å². The second-order valence-electron chi connectivity index (χ2n) is 0.684. The summed E-state index contributed by atoms with van der Waals surface area (Å²) in [4.78, 5) is 0. The summed E-state index contributed by atoms with van der Waals surface area (Å²) in [6.07, 6.45) is 0. The van der Waals surface area contributed by atoms with Crippen molar-refractivity contribution in [3.63, 3.8) is 0 Å². The van der Waals surface area contributed by atoms with E-state index in [4.69, 9.17) is 0 Å². The molecule has 0 amide bonds. The zero-order valence-corrected chi connectivity index (χ0v) is 3.91. The van der Waals surface area contributed by atoms with Crippen LogP contribution in [0.25, 0.3) is 0 Å². The molecule has 0 heterocycles. The first-order valence-corrected chi connectivity index (χ1v) is 2.67. The highest BCUT2D eigenvalue weighted by Crippen LogP contribution is 1.94. The molecule has 0 aromatic carbocycles. The Morgan fingerprint density at radius 2 is 1.71 bits per heavy atom. The van der Waals surface area contributed by atoms with E-state index in [1.165, 1.54) is 0 Å². The third kappa shape index (κ3) is 2.49. The summed E-state index contributed by atoms with van der Waals surface area (Å²) in [7, 11) is -3.99. The average Bonchev–Trinajstić information content (AvgIpc) is 1.68. The first-order valence-electron chi connectivity index (χ1n) is 1.10. The maximum atomic E-state index is 10.6. The second kappa shape index (κ2) is 2.20. The Labute approximate surface area is 39.1 Å². The van der Waals surface area contributed by atoms with Gasteiger partial charge >= 0.3 is 0 Å². The minimum Gasteiger partial charge on any atom is -0.206 e. The van der Waals surface area contributed by atoms with E-state index in [1.807, 2.05) is 0 Å². The zero-order valence-electron chi connectivity index (χ0n) is 3.10. The van der Waals surface area contributed by atoms with Crippen molar-refractivity contribution in [3.8, 4) is 0 Å². The Hall–Kier alpha value is -0.200. The van der Waals surface area contributed by atoms with Crippen molar-refractivity contribution < 1.29 is 22.0 Å². The summed E-state index contributed by atoms with van der Waals surface area (Å²) in [6.45, 7) is 0. The van der Waals surface area contributed by atoms with Crippen LogP contribution >= 0.6 is 0 Å². The van der Waals surface area contributed by atoms with Gasteiger partial charge in [0.2, 0.25) is 0 Å². The van der Waals surface area contributed by atoms with Gasteiger partial charge in [-0.25, -0.2) is 4.21 Å². The van der Waals surface area contributed by atoms with Gasteiger partial charge in [0.1, 0.15) is 0 Å². The molecule has 0 saturated carbocycles. The third-order valence-corrected chi connectivity index (χ3v) is 0.576. The highest BCUT2D eigenvalue weighted by molar-refractivity contribution is 7.91. The van der Waals surface area contributed by atoms with Gasteiger partial charge in [0, 0.05) is 5.87 Å². The Bertz CT molecular complexity index is 116. The van der Waals surface area contributed by atoms with Crippen molar-refractivity contribution in [2.45, 2.75) is 0 Å². The predicted molar refractivity (Wildman–Crippen MR) is 19.6 cm³/mol. The van der Waals surface area contributed by atoms with Gasteiger partial charge in [-0.05, 0) is 9.05 Å². The highest BCUT2D eigenvalue weighted by Gasteiger charge is 2.01. The summed E-state index contributed by atoms with van der Waals surface area (Å²) >= 11 is 0. The largest absolute Gasteiger partial charge is 0.262 e. The fraction of sp³-hybridized carbons (Fsp3) is 0. The SMILES string of the molecule is C=S(=O)(OF)OF. The molecule has 0 aliphatic rings. The molecule has 0 N–H and O–H groups in total. The standard InChI is InChI=1S/CH2F2O3S/c1-7(4,5-2)6-3/h1H2. The minimum absolute atomic E-state index is 2.34. The van der Waals surface area contributed by atoms with Gasteiger partial charge in [0.05, 0.1) is 0 Å². The van der Waals surface area contributed by atoms with Crippen LogP contribution < -0.4 is 0 Å². The van der Waals surface area contributed by atoms with Crippen LogP contribution in [-0.2, 0) is 18.9 Å². The number of rotatable bonds is 2. The topological polar surface area (TPSA) is 35.5 Å². The van der Waals surface area contributed by atoms with Gasteiger partial charge in [-0.15, -0.1) is 0 Å². The molecule has 0 radical (unpaired) electrons. The van der Waals surface area contributed by atoms with E-state index in [0.717, 1.165) is 0 Å². The number of halogens is 2. The third-order valence-electron chi connectivity index (χ3n) is 0.192. The van der Waals surface area contributed by atoms with E-state index >= 15 is 0 Å². The van der Waals surface area contributed by atoms with E-state index in [1.54, 1.807) is 0 Å². The molecule has 0 aliphatic carbocycles. The first-order chi connectivity index (χ1) is 3.12. The van der Waals surface area contributed by atoms with Crippen molar-refractivity contribution in [2.24, 2.45) is 0 Å². The fourth-order valence-corrected chi connectivity index (χ4v) is 0.0292. The summed E-state index contributed by atoms with van der Waals surface area (Å²) in [5, 5.41) is 0. The number of hydrogen-bond acceptors (Lipinski definition) is 3. The minimum atomic E-state index is -3.99. The van der Waals surface area contributed by atoms with Crippen LogP contribution in [0.2, 0.25) is 0 Å². The van der Waals surface area contributed by atoms with E-state index in [-0.39, 0.29) is 0 Å². The predicted octanol–water partition coefficient (Wildman–Crippen LogP) is 0.335. The molecular formula is CH2F2O3S. The summed E-state index contributed by atoms with van der Waals surface area (Å²) < 4.78 is 35.6. The Morgan fingerprint density at radius 3 is 1.71 bits per heavy atom. The molecule has 0 fully saturated rings. The lowest BCUT2D eigenvalue weighted by molar-refractivity contribution is -0.0643.